The molecule has 0 saturated heterocycles. The summed E-state index contributed by atoms with van der Waals surface area (Å²) in [4.78, 5) is 9.76. The summed E-state index contributed by atoms with van der Waals surface area (Å²) in [5, 5.41) is 8.76. The van der Waals surface area contributed by atoms with E-state index in [0.29, 0.717) is 11.1 Å². The van der Waals surface area contributed by atoms with Gasteiger partial charge in [-0.25, -0.2) is 9.97 Å². The number of anilines is 1. The number of rotatable bonds is 3. The van der Waals surface area contributed by atoms with Gasteiger partial charge < -0.3 is 10.6 Å². The van der Waals surface area contributed by atoms with E-state index in [4.69, 9.17) is 12.2 Å². The van der Waals surface area contributed by atoms with E-state index in [-0.39, 0.29) is 5.41 Å². The Morgan fingerprint density at radius 1 is 1.35 bits per heavy atom. The lowest BCUT2D eigenvalue weighted by Gasteiger charge is -2.20. The van der Waals surface area contributed by atoms with Crippen molar-refractivity contribution in [1.82, 2.24) is 15.3 Å². The van der Waals surface area contributed by atoms with E-state index >= 15 is 0 Å². The van der Waals surface area contributed by atoms with Crippen molar-refractivity contribution in [3.63, 3.8) is 0 Å². The molecule has 0 aliphatic rings. The van der Waals surface area contributed by atoms with Gasteiger partial charge in [0.2, 0.25) is 5.95 Å². The van der Waals surface area contributed by atoms with Crippen LogP contribution in [-0.2, 0) is 0 Å². The van der Waals surface area contributed by atoms with Gasteiger partial charge in [-0.2, -0.15) is 0 Å². The van der Waals surface area contributed by atoms with Gasteiger partial charge in [0.25, 0.3) is 0 Å². The van der Waals surface area contributed by atoms with Gasteiger partial charge in [-0.15, -0.1) is 11.3 Å². The molecular weight excluding hydrogens is 288 g/mol. The smallest absolute Gasteiger partial charge is 0.229 e. The monoisotopic (exact) mass is 306 g/mol. The van der Waals surface area contributed by atoms with E-state index < -0.39 is 0 Å². The topological polar surface area (TPSA) is 49.8 Å². The average molecular weight is 306 g/mol. The van der Waals surface area contributed by atoms with E-state index in [1.54, 1.807) is 17.5 Å². The molecule has 2 aromatic rings. The molecule has 0 atom stereocenters. The predicted octanol–water partition coefficient (Wildman–Crippen LogP) is 3.54. The first-order chi connectivity index (χ1) is 9.44. The van der Waals surface area contributed by atoms with Crippen LogP contribution in [0.3, 0.4) is 0 Å². The average Bonchev–Trinajstić information content (AvgIpc) is 2.90. The number of hydrogen-bond donors (Lipinski definition) is 2. The van der Waals surface area contributed by atoms with Crippen molar-refractivity contribution >= 4 is 34.6 Å². The van der Waals surface area contributed by atoms with Gasteiger partial charge in [0, 0.05) is 12.7 Å². The van der Waals surface area contributed by atoms with E-state index in [2.05, 4.69) is 41.4 Å². The molecule has 0 fully saturated rings. The summed E-state index contributed by atoms with van der Waals surface area (Å²) < 4.78 is 0. The Kier molecular flexibility index (Phi) is 4.67. The summed E-state index contributed by atoms with van der Waals surface area (Å²) in [6.45, 7) is 7.24. The van der Waals surface area contributed by atoms with Crippen molar-refractivity contribution in [2.75, 3.05) is 11.9 Å². The van der Waals surface area contributed by atoms with Crippen LogP contribution in [0.4, 0.5) is 5.95 Å². The molecule has 0 aliphatic heterocycles. The van der Waals surface area contributed by atoms with Gasteiger partial charge in [-0.05, 0) is 35.1 Å². The largest absolute Gasteiger partial charge is 0.362 e. The Hall–Kier alpha value is -1.53. The third-order valence-corrected chi connectivity index (χ3v) is 3.57. The van der Waals surface area contributed by atoms with Crippen LogP contribution < -0.4 is 10.6 Å². The van der Waals surface area contributed by atoms with E-state index in [1.807, 2.05) is 23.6 Å². The standard InChI is InChI=1S/C14H18N4S2/c1-14(2,3)9-16-13(19)18-12-15-7-6-10(17-12)11-5-4-8-20-11/h4-8H,9H2,1-3H3,(H2,15,16,17,18,19). The normalized spacial score (nSPS) is 11.2. The maximum Gasteiger partial charge on any atom is 0.229 e. The zero-order valence-electron chi connectivity index (χ0n) is 11.8. The van der Waals surface area contributed by atoms with Crippen molar-refractivity contribution in [2.45, 2.75) is 20.8 Å². The van der Waals surface area contributed by atoms with E-state index in [0.717, 1.165) is 17.1 Å². The first-order valence-electron chi connectivity index (χ1n) is 6.36. The Balaban J connectivity index is 2.00. The molecule has 4 nitrogen and oxygen atoms in total. The molecule has 0 aromatic carbocycles. The fourth-order valence-electron chi connectivity index (χ4n) is 1.47. The van der Waals surface area contributed by atoms with Crippen molar-refractivity contribution in [1.29, 1.82) is 0 Å². The van der Waals surface area contributed by atoms with Crippen LogP contribution in [0, 0.1) is 5.41 Å². The molecule has 0 bridgehead atoms. The van der Waals surface area contributed by atoms with Crippen LogP contribution in [0.2, 0.25) is 0 Å². The second kappa shape index (κ2) is 6.28. The Labute approximate surface area is 128 Å². The molecule has 0 amide bonds. The van der Waals surface area contributed by atoms with Crippen LogP contribution in [-0.4, -0.2) is 21.6 Å². The van der Waals surface area contributed by atoms with Crippen LogP contribution in [0.15, 0.2) is 29.8 Å². The minimum atomic E-state index is 0.172. The van der Waals surface area contributed by atoms with Crippen LogP contribution in [0.5, 0.6) is 0 Å². The predicted molar refractivity (Wildman–Crippen MR) is 89.0 cm³/mol. The van der Waals surface area contributed by atoms with Crippen LogP contribution >= 0.6 is 23.6 Å². The van der Waals surface area contributed by atoms with Crippen LogP contribution in [0.25, 0.3) is 10.6 Å². The highest BCUT2D eigenvalue weighted by Gasteiger charge is 2.11. The molecule has 20 heavy (non-hydrogen) atoms. The lowest BCUT2D eigenvalue weighted by Crippen LogP contribution is -2.35. The zero-order valence-corrected chi connectivity index (χ0v) is 13.4. The summed E-state index contributed by atoms with van der Waals surface area (Å²) in [6, 6.07) is 5.93. The van der Waals surface area contributed by atoms with Gasteiger partial charge in [-0.3, -0.25) is 0 Å². The Morgan fingerprint density at radius 3 is 2.80 bits per heavy atom. The second-order valence-electron chi connectivity index (χ2n) is 5.61. The van der Waals surface area contributed by atoms with Crippen LogP contribution in [0.1, 0.15) is 20.8 Å². The quantitative estimate of drug-likeness (QED) is 0.850. The molecule has 0 saturated carbocycles. The molecule has 0 spiro atoms. The summed E-state index contributed by atoms with van der Waals surface area (Å²) >= 11 is 6.90. The van der Waals surface area contributed by atoms with Crippen molar-refractivity contribution in [3.8, 4) is 10.6 Å². The molecule has 2 N–H and O–H groups in total. The summed E-state index contributed by atoms with van der Waals surface area (Å²) in [7, 11) is 0. The SMILES string of the molecule is CC(C)(C)CNC(=S)Nc1nccc(-c2cccs2)n1. The number of thiocarbonyl (C=S) groups is 1. The van der Waals surface area contributed by atoms with Gasteiger partial charge in [0.15, 0.2) is 5.11 Å². The minimum absolute atomic E-state index is 0.172. The summed E-state index contributed by atoms with van der Waals surface area (Å²) in [5.41, 5.74) is 1.07. The lowest BCUT2D eigenvalue weighted by atomic mass is 9.97. The highest BCUT2D eigenvalue weighted by atomic mass is 32.1. The molecule has 2 rings (SSSR count). The zero-order chi connectivity index (χ0) is 14.6. The Morgan fingerprint density at radius 2 is 2.15 bits per heavy atom. The van der Waals surface area contributed by atoms with E-state index in [9.17, 15) is 0 Å². The van der Waals surface area contributed by atoms with Gasteiger partial charge in [0.1, 0.15) is 0 Å². The number of nitrogens with zero attached hydrogens (tertiary/aromatic N) is 2. The molecule has 2 aromatic heterocycles. The molecule has 0 aliphatic carbocycles. The number of nitrogens with one attached hydrogen (secondary N) is 2. The molecule has 0 radical (unpaired) electrons. The fourth-order valence-corrected chi connectivity index (χ4v) is 2.33. The maximum atomic E-state index is 5.25. The van der Waals surface area contributed by atoms with Gasteiger partial charge in [-0.1, -0.05) is 26.8 Å². The molecule has 0 unspecified atom stereocenters. The van der Waals surface area contributed by atoms with Crippen molar-refractivity contribution < 1.29 is 0 Å². The lowest BCUT2D eigenvalue weighted by molar-refractivity contribution is 0.409. The first-order valence-corrected chi connectivity index (χ1v) is 7.65. The Bertz CT molecular complexity index is 573. The molecule has 6 heteroatoms. The highest BCUT2D eigenvalue weighted by Crippen LogP contribution is 2.22. The van der Waals surface area contributed by atoms with Crippen molar-refractivity contribution in [3.05, 3.63) is 29.8 Å². The third kappa shape index (κ3) is 4.54. The maximum absolute atomic E-state index is 5.25. The highest BCUT2D eigenvalue weighted by molar-refractivity contribution is 7.80. The second-order valence-corrected chi connectivity index (χ2v) is 6.97. The third-order valence-electron chi connectivity index (χ3n) is 2.43. The number of thiophene rings is 1. The van der Waals surface area contributed by atoms with E-state index in [1.165, 1.54) is 0 Å². The van der Waals surface area contributed by atoms with Crippen molar-refractivity contribution in [2.24, 2.45) is 5.41 Å². The number of hydrogen-bond acceptors (Lipinski definition) is 4. The molecule has 106 valence electrons. The van der Waals surface area contributed by atoms with Gasteiger partial charge in [0.05, 0.1) is 10.6 Å². The first kappa shape index (κ1) is 14.9. The number of aromatic nitrogens is 2. The molecular formula is C14H18N4S2. The van der Waals surface area contributed by atoms with Gasteiger partial charge >= 0.3 is 0 Å². The fraction of sp³-hybridized carbons (Fsp3) is 0.357. The summed E-state index contributed by atoms with van der Waals surface area (Å²) in [5.74, 6) is 0.516. The summed E-state index contributed by atoms with van der Waals surface area (Å²) in [6.07, 6.45) is 1.73. The molecule has 2 heterocycles. The minimum Gasteiger partial charge on any atom is -0.362 e.